The van der Waals surface area contributed by atoms with Gasteiger partial charge in [-0.05, 0) is 159 Å². The van der Waals surface area contributed by atoms with Crippen LogP contribution in [0.15, 0.2) is 231 Å². The molecule has 0 bridgehead atoms. The van der Waals surface area contributed by atoms with E-state index in [1.165, 1.54) is 99.4 Å². The lowest BCUT2D eigenvalue weighted by atomic mass is 9.78. The minimum absolute atomic E-state index is 0.233. The molecule has 2 aliphatic carbocycles. The third kappa shape index (κ3) is 6.34. The van der Waals surface area contributed by atoms with E-state index >= 15 is 0 Å². The maximum Gasteiger partial charge on any atom is 0.138 e. The average Bonchev–Trinajstić information content (AvgIpc) is 4.20. The molecule has 9 aromatic carbocycles. The van der Waals surface area contributed by atoms with E-state index in [4.69, 9.17) is 9.97 Å². The predicted molar refractivity (Wildman–Crippen MR) is 307 cm³/mol. The highest BCUT2D eigenvalue weighted by Gasteiger charge is 2.43. The van der Waals surface area contributed by atoms with Crippen LogP contribution in [-0.2, 0) is 10.8 Å². The monoisotopic (exact) mass is 946 g/mol. The minimum Gasteiger partial charge on any atom is -0.306 e. The normalized spacial score (nSPS) is 13.9. The maximum atomic E-state index is 5.08. The molecule has 0 aliphatic heterocycles. The molecule has 74 heavy (non-hydrogen) atoms. The van der Waals surface area contributed by atoms with Crippen LogP contribution in [0.5, 0.6) is 0 Å². The number of imidazole rings is 2. The van der Waals surface area contributed by atoms with Gasteiger partial charge in [0.1, 0.15) is 11.3 Å². The Kier molecular flexibility index (Phi) is 9.02. The Bertz CT molecular complexity index is 4150. The number of benzene rings is 9. The number of nitrogens with zero attached hydrogens (tertiary/aromatic N) is 4. The van der Waals surface area contributed by atoms with Crippen LogP contribution in [0.2, 0.25) is 0 Å². The summed E-state index contributed by atoms with van der Waals surface area (Å²) < 4.78 is 4.23. The molecule has 15 rings (SSSR count). The van der Waals surface area contributed by atoms with Crippen LogP contribution in [-0.4, -0.2) is 18.8 Å². The van der Waals surface area contributed by atoms with Crippen molar-refractivity contribution < 1.29 is 0 Å². The highest BCUT2D eigenvalue weighted by molar-refractivity contribution is 6.12. The molecule has 13 aromatic rings. The largest absolute Gasteiger partial charge is 0.306 e. The van der Waals surface area contributed by atoms with E-state index in [0.717, 1.165) is 44.9 Å². The van der Waals surface area contributed by atoms with E-state index < -0.39 is 0 Å². The van der Waals surface area contributed by atoms with Crippen LogP contribution in [0.4, 0.5) is 0 Å². The van der Waals surface area contributed by atoms with Gasteiger partial charge in [0, 0.05) is 46.7 Å². The van der Waals surface area contributed by atoms with Gasteiger partial charge in [0.05, 0.1) is 11.4 Å². The molecule has 0 spiro atoms. The topological polar surface area (TPSA) is 34.6 Å². The van der Waals surface area contributed by atoms with Gasteiger partial charge in [0.15, 0.2) is 0 Å². The van der Waals surface area contributed by atoms with Gasteiger partial charge in [-0.15, -0.1) is 0 Å². The summed E-state index contributed by atoms with van der Waals surface area (Å²) in [6.07, 6.45) is 8.48. The van der Waals surface area contributed by atoms with Gasteiger partial charge >= 0.3 is 0 Å². The summed E-state index contributed by atoms with van der Waals surface area (Å²) in [6, 6.07) is 75.9. The summed E-state index contributed by atoms with van der Waals surface area (Å²) in [5, 5.41) is 5.14. The second kappa shape index (κ2) is 15.7. The number of hydrogen-bond donors (Lipinski definition) is 0. The molecule has 0 unspecified atom stereocenters. The van der Waals surface area contributed by atoms with Gasteiger partial charge in [0.2, 0.25) is 0 Å². The molecule has 0 fully saturated rings. The van der Waals surface area contributed by atoms with Crippen molar-refractivity contribution in [2.45, 2.75) is 38.5 Å². The number of pyridine rings is 2. The first-order chi connectivity index (χ1) is 36.2. The third-order valence-electron chi connectivity index (χ3n) is 16.6. The number of fused-ring (bicyclic) bond motifs is 12. The van der Waals surface area contributed by atoms with E-state index in [9.17, 15) is 0 Å². The van der Waals surface area contributed by atoms with Crippen molar-refractivity contribution in [3.05, 3.63) is 253 Å². The number of hydrogen-bond acceptors (Lipinski definition) is 2. The molecule has 2 aliphatic rings. The highest BCUT2D eigenvalue weighted by Crippen LogP contribution is 2.60. The fourth-order valence-corrected chi connectivity index (χ4v) is 12.6. The Hall–Kier alpha value is -9.12. The second-order valence-electron chi connectivity index (χ2n) is 21.5. The molecule has 4 heteroatoms. The first-order valence-electron chi connectivity index (χ1n) is 25.8. The molecule has 0 N–H and O–H groups in total. The Morgan fingerprint density at radius 1 is 0.297 bits per heavy atom. The van der Waals surface area contributed by atoms with Crippen LogP contribution in [0, 0.1) is 0 Å². The lowest BCUT2D eigenvalue weighted by Crippen LogP contribution is -2.17. The van der Waals surface area contributed by atoms with Crippen molar-refractivity contribution in [1.82, 2.24) is 18.8 Å². The van der Waals surface area contributed by atoms with Crippen molar-refractivity contribution in [3.63, 3.8) is 0 Å². The molecule has 0 saturated carbocycles. The van der Waals surface area contributed by atoms with E-state index in [1.807, 2.05) is 0 Å². The minimum atomic E-state index is -0.233. The molecule has 4 heterocycles. The second-order valence-corrected chi connectivity index (χ2v) is 21.5. The van der Waals surface area contributed by atoms with Crippen molar-refractivity contribution in [2.75, 3.05) is 0 Å². The van der Waals surface area contributed by atoms with Crippen LogP contribution in [0.25, 0.3) is 122 Å². The highest BCUT2D eigenvalue weighted by atomic mass is 15.0. The first kappa shape index (κ1) is 42.6. The Labute approximate surface area is 430 Å². The zero-order valence-electron chi connectivity index (χ0n) is 41.7. The zero-order chi connectivity index (χ0) is 49.5. The molecular formula is C70H50N4. The third-order valence-corrected chi connectivity index (χ3v) is 16.6. The lowest BCUT2D eigenvalue weighted by molar-refractivity contribution is 0.652. The molecule has 4 nitrogen and oxygen atoms in total. The summed E-state index contributed by atoms with van der Waals surface area (Å²) in [4.78, 5) is 10.2. The Balaban J connectivity index is 0.787. The average molecular weight is 947 g/mol. The van der Waals surface area contributed by atoms with Crippen LogP contribution in [0.3, 0.4) is 0 Å². The smallest absolute Gasteiger partial charge is 0.138 e. The van der Waals surface area contributed by atoms with E-state index in [2.05, 4.69) is 268 Å². The van der Waals surface area contributed by atoms with Gasteiger partial charge in [0.25, 0.3) is 0 Å². The van der Waals surface area contributed by atoms with Crippen LogP contribution >= 0.6 is 0 Å². The first-order valence-corrected chi connectivity index (χ1v) is 25.8. The summed E-state index contributed by atoms with van der Waals surface area (Å²) >= 11 is 0. The van der Waals surface area contributed by atoms with Crippen molar-refractivity contribution in [1.29, 1.82) is 0 Å². The summed E-state index contributed by atoms with van der Waals surface area (Å²) in [6.45, 7) is 9.72. The summed E-state index contributed by atoms with van der Waals surface area (Å²) in [7, 11) is 0. The van der Waals surface area contributed by atoms with Gasteiger partial charge < -0.3 is 8.80 Å². The Morgan fingerprint density at radius 2 is 0.649 bits per heavy atom. The molecular weight excluding hydrogens is 897 g/mol. The van der Waals surface area contributed by atoms with E-state index in [0.29, 0.717) is 0 Å². The van der Waals surface area contributed by atoms with Gasteiger partial charge in [-0.1, -0.05) is 185 Å². The molecule has 4 aromatic heterocycles. The predicted octanol–water partition coefficient (Wildman–Crippen LogP) is 17.9. The molecule has 0 radical (unpaired) electrons. The fourth-order valence-electron chi connectivity index (χ4n) is 12.6. The molecule has 350 valence electrons. The van der Waals surface area contributed by atoms with Gasteiger partial charge in [-0.3, -0.25) is 0 Å². The fraction of sp³-hybridized carbons (Fsp3) is 0.0857. The van der Waals surface area contributed by atoms with Crippen molar-refractivity contribution >= 4 is 32.8 Å². The SMILES string of the molecule is CC1(C)c2cc3c(cc2-c2c1cc(-c1ccc(-c4cn5ccc(-c6ccccc6)cc5n4)cc1)c1ccccc21)C(C)(C)c1cc(-c2ccc(-c4cn5ccc(-c6ccccc6)cc5n4)cc2)c2ccccc2c1-3. The van der Waals surface area contributed by atoms with E-state index in [-0.39, 0.29) is 10.8 Å². The lowest BCUT2D eigenvalue weighted by Gasteiger charge is -2.24. The maximum absolute atomic E-state index is 5.08. The number of rotatable bonds is 6. The van der Waals surface area contributed by atoms with Crippen molar-refractivity contribution in [3.8, 4) is 89.3 Å². The quantitative estimate of drug-likeness (QED) is 0.166. The van der Waals surface area contributed by atoms with Gasteiger partial charge in [-0.2, -0.15) is 0 Å². The van der Waals surface area contributed by atoms with Crippen molar-refractivity contribution in [2.24, 2.45) is 0 Å². The summed E-state index contributed by atoms with van der Waals surface area (Å²) in [5.74, 6) is 0. The van der Waals surface area contributed by atoms with Crippen LogP contribution < -0.4 is 0 Å². The molecule has 0 amide bonds. The van der Waals surface area contributed by atoms with Gasteiger partial charge in [-0.25, -0.2) is 9.97 Å². The molecule has 0 saturated heterocycles. The standard InChI is InChI=1S/C70H50N4/c1-69(2)59-39-58-60(40-57(59)67-53-21-13-11-19-51(53)55(37-61(67)69)45-23-27-47(28-24-45)63-41-73-33-31-49(35-65(73)71-63)43-15-7-5-8-16-43)70(3,4)62-38-56(52-20-12-14-22-54(52)68(58)62)46-25-29-48(30-26-46)64-42-74-34-32-50(36-66(74)72-64)44-17-9-6-10-18-44/h5-42H,1-4H3. The summed E-state index contributed by atoms with van der Waals surface area (Å²) in [5.41, 5.74) is 26.2. The number of aromatic nitrogens is 4. The van der Waals surface area contributed by atoms with Crippen LogP contribution in [0.1, 0.15) is 49.9 Å². The zero-order valence-corrected chi connectivity index (χ0v) is 41.7. The Morgan fingerprint density at radius 3 is 1.05 bits per heavy atom. The molecule has 0 atom stereocenters. The van der Waals surface area contributed by atoms with E-state index in [1.54, 1.807) is 0 Å².